The quantitative estimate of drug-likeness (QED) is 0.507. The lowest BCUT2D eigenvalue weighted by molar-refractivity contribution is -0.105. The minimum absolute atomic E-state index is 0.326. The first kappa shape index (κ1) is 6.92. The molecule has 0 amide bonds. The summed E-state index contributed by atoms with van der Waals surface area (Å²) in [6, 6.07) is 0. The van der Waals surface area contributed by atoms with Gasteiger partial charge in [0.1, 0.15) is 6.10 Å². The van der Waals surface area contributed by atoms with Crippen LogP contribution in [-0.4, -0.2) is 35.4 Å². The van der Waals surface area contributed by atoms with Crippen molar-refractivity contribution in [3.8, 4) is 0 Å². The molecule has 0 aromatic carbocycles. The molecule has 54 valence electrons. The molecule has 0 aromatic heterocycles. The zero-order valence-corrected chi connectivity index (χ0v) is 4.83. The number of hydrogen-bond donors (Lipinski definition) is 2. The number of rotatable bonds is 1. The Bertz CT molecular complexity index is 96.2. The van der Waals surface area contributed by atoms with Gasteiger partial charge in [-0.15, -0.1) is 0 Å². The van der Waals surface area contributed by atoms with E-state index in [-0.39, 0.29) is 0 Å². The second-order valence-corrected chi connectivity index (χ2v) is 2.06. The van der Waals surface area contributed by atoms with Gasteiger partial charge in [0.15, 0.2) is 0 Å². The molecule has 1 fully saturated rings. The van der Waals surface area contributed by atoms with Crippen LogP contribution in [0, 0.1) is 0 Å². The van der Waals surface area contributed by atoms with Gasteiger partial charge in [0.05, 0.1) is 6.10 Å². The van der Waals surface area contributed by atoms with Crippen LogP contribution < -0.4 is 0 Å². The third kappa shape index (κ3) is 1.38. The fourth-order valence-electron chi connectivity index (χ4n) is 0.863. The number of alkyl halides is 1. The molecule has 0 bridgehead atoms. The molecule has 0 aromatic rings. The Morgan fingerprint density at radius 3 is 2.56 bits per heavy atom. The molecule has 1 aliphatic heterocycles. The van der Waals surface area contributed by atoms with Gasteiger partial charge in [0, 0.05) is 6.61 Å². The summed E-state index contributed by atoms with van der Waals surface area (Å²) >= 11 is 0. The summed E-state index contributed by atoms with van der Waals surface area (Å²) in [5.41, 5.74) is 0. The number of hydrogen-bond acceptors (Lipinski definition) is 3. The van der Waals surface area contributed by atoms with Crippen LogP contribution in [0.1, 0.15) is 6.42 Å². The van der Waals surface area contributed by atoms with Crippen LogP contribution in [0.3, 0.4) is 0 Å². The van der Waals surface area contributed by atoms with Crippen molar-refractivity contribution in [2.24, 2.45) is 0 Å². The molecule has 1 heterocycles. The first-order chi connectivity index (χ1) is 4.22. The summed E-state index contributed by atoms with van der Waals surface area (Å²) in [4.78, 5) is 0. The molecule has 0 radical (unpaired) electrons. The van der Waals surface area contributed by atoms with Crippen LogP contribution in [0.4, 0.5) is 4.39 Å². The lowest BCUT2D eigenvalue weighted by Crippen LogP contribution is -2.30. The average molecular weight is 136 g/mol. The van der Waals surface area contributed by atoms with Crippen LogP contribution in [0.2, 0.25) is 0 Å². The van der Waals surface area contributed by atoms with Crippen molar-refractivity contribution in [2.75, 3.05) is 6.61 Å². The summed E-state index contributed by atoms with van der Waals surface area (Å²) in [5.74, 6) is 0. The lowest BCUT2D eigenvalue weighted by Gasteiger charge is -2.12. The summed E-state index contributed by atoms with van der Waals surface area (Å²) in [5, 5.41) is 17.1. The van der Waals surface area contributed by atoms with Gasteiger partial charge in [-0.05, 0) is 6.42 Å². The molecular formula is C5H9FO3. The van der Waals surface area contributed by atoms with Gasteiger partial charge in [-0.25, -0.2) is 4.39 Å². The minimum Gasteiger partial charge on any atom is -0.390 e. The van der Waals surface area contributed by atoms with E-state index in [0.29, 0.717) is 13.0 Å². The van der Waals surface area contributed by atoms with Crippen LogP contribution in [0.25, 0.3) is 0 Å². The topological polar surface area (TPSA) is 49.7 Å². The summed E-state index contributed by atoms with van der Waals surface area (Å²) in [6.45, 7) is 0.326. The Balaban J connectivity index is 2.40. The van der Waals surface area contributed by atoms with Crippen LogP contribution in [-0.2, 0) is 4.74 Å². The fraction of sp³-hybridized carbons (Fsp3) is 1.00. The van der Waals surface area contributed by atoms with E-state index in [0.717, 1.165) is 0 Å². The van der Waals surface area contributed by atoms with E-state index in [1.165, 1.54) is 0 Å². The molecular weight excluding hydrogens is 127 g/mol. The van der Waals surface area contributed by atoms with Crippen molar-refractivity contribution in [1.82, 2.24) is 0 Å². The second kappa shape index (κ2) is 2.60. The molecule has 9 heavy (non-hydrogen) atoms. The Hall–Kier alpha value is -0.190. The second-order valence-electron chi connectivity index (χ2n) is 2.06. The fourth-order valence-corrected chi connectivity index (χ4v) is 0.863. The maximum absolute atomic E-state index is 11.9. The smallest absolute Gasteiger partial charge is 0.225 e. The van der Waals surface area contributed by atoms with Gasteiger partial charge in [0.25, 0.3) is 0 Å². The first-order valence-electron chi connectivity index (χ1n) is 2.83. The first-order valence-corrected chi connectivity index (χ1v) is 2.83. The number of ether oxygens (including phenoxy) is 1. The van der Waals surface area contributed by atoms with Gasteiger partial charge in [-0.2, -0.15) is 0 Å². The Kier molecular flexibility index (Phi) is 2.00. The molecule has 0 aliphatic carbocycles. The minimum atomic E-state index is -2.05. The highest BCUT2D eigenvalue weighted by molar-refractivity contribution is 4.76. The lowest BCUT2D eigenvalue weighted by atomic mass is 10.2. The zero-order chi connectivity index (χ0) is 6.85. The van der Waals surface area contributed by atoms with E-state index in [1.54, 1.807) is 0 Å². The Morgan fingerprint density at radius 1 is 1.67 bits per heavy atom. The Morgan fingerprint density at radius 2 is 2.33 bits per heavy atom. The number of halogens is 1. The molecule has 0 saturated carbocycles. The van der Waals surface area contributed by atoms with Gasteiger partial charge >= 0.3 is 0 Å². The average Bonchev–Trinajstić information content (AvgIpc) is 2.13. The zero-order valence-electron chi connectivity index (χ0n) is 4.83. The highest BCUT2D eigenvalue weighted by Crippen LogP contribution is 2.16. The van der Waals surface area contributed by atoms with Crippen molar-refractivity contribution in [1.29, 1.82) is 0 Å². The molecule has 1 rings (SSSR count). The largest absolute Gasteiger partial charge is 0.390 e. The molecule has 1 unspecified atom stereocenters. The predicted molar refractivity (Wildman–Crippen MR) is 27.5 cm³/mol. The maximum Gasteiger partial charge on any atom is 0.225 e. The SMILES string of the molecule is OC(F)[C@H]1OCC[C@@H]1O. The molecule has 3 atom stereocenters. The molecule has 3 nitrogen and oxygen atoms in total. The highest BCUT2D eigenvalue weighted by Gasteiger charge is 2.32. The predicted octanol–water partition coefficient (Wildman–Crippen LogP) is -0.576. The van der Waals surface area contributed by atoms with Crippen molar-refractivity contribution in [3.63, 3.8) is 0 Å². The van der Waals surface area contributed by atoms with Gasteiger partial charge in [-0.3, -0.25) is 0 Å². The van der Waals surface area contributed by atoms with Crippen molar-refractivity contribution >= 4 is 0 Å². The van der Waals surface area contributed by atoms with Crippen molar-refractivity contribution in [2.45, 2.75) is 25.0 Å². The van der Waals surface area contributed by atoms with Gasteiger partial charge in [0.2, 0.25) is 6.36 Å². The highest BCUT2D eigenvalue weighted by atomic mass is 19.1. The van der Waals surface area contributed by atoms with Crippen molar-refractivity contribution < 1.29 is 19.3 Å². The third-order valence-electron chi connectivity index (χ3n) is 1.37. The summed E-state index contributed by atoms with van der Waals surface area (Å²) in [6.07, 6.45) is -3.51. The monoisotopic (exact) mass is 136 g/mol. The Labute approximate surface area is 52.1 Å². The summed E-state index contributed by atoms with van der Waals surface area (Å²) in [7, 11) is 0. The van der Waals surface area contributed by atoms with Gasteiger partial charge in [-0.1, -0.05) is 0 Å². The maximum atomic E-state index is 11.9. The third-order valence-corrected chi connectivity index (χ3v) is 1.37. The van der Waals surface area contributed by atoms with E-state index in [9.17, 15) is 4.39 Å². The van der Waals surface area contributed by atoms with Gasteiger partial charge < -0.3 is 14.9 Å². The normalized spacial score (nSPS) is 39.0. The molecule has 1 aliphatic rings. The van der Waals surface area contributed by atoms with E-state index >= 15 is 0 Å². The summed E-state index contributed by atoms with van der Waals surface area (Å²) < 4.78 is 16.6. The molecule has 2 N–H and O–H groups in total. The molecule has 0 spiro atoms. The van der Waals surface area contributed by atoms with E-state index < -0.39 is 18.6 Å². The standard InChI is InChI=1S/C5H9FO3/c6-5(8)4-3(7)1-2-9-4/h3-5,7-8H,1-2H2/t3-,4-,5?/m0/s1. The van der Waals surface area contributed by atoms with Crippen LogP contribution >= 0.6 is 0 Å². The van der Waals surface area contributed by atoms with E-state index in [1.807, 2.05) is 0 Å². The van der Waals surface area contributed by atoms with Crippen molar-refractivity contribution in [3.05, 3.63) is 0 Å². The van der Waals surface area contributed by atoms with Crippen LogP contribution in [0.5, 0.6) is 0 Å². The van der Waals surface area contributed by atoms with E-state index in [4.69, 9.17) is 10.2 Å². The molecule has 1 saturated heterocycles. The van der Waals surface area contributed by atoms with E-state index in [2.05, 4.69) is 4.74 Å². The number of aliphatic hydroxyl groups is 2. The molecule has 4 heteroatoms. The van der Waals surface area contributed by atoms with Crippen LogP contribution in [0.15, 0.2) is 0 Å². The number of aliphatic hydroxyl groups excluding tert-OH is 2.